The van der Waals surface area contributed by atoms with Gasteiger partial charge in [-0.15, -0.1) is 0 Å². The third-order valence-electron chi connectivity index (χ3n) is 4.29. The van der Waals surface area contributed by atoms with Gasteiger partial charge in [0.25, 0.3) is 5.56 Å². The molecule has 25 heavy (non-hydrogen) atoms. The number of aromatic nitrogens is 2. The predicted octanol–water partition coefficient (Wildman–Crippen LogP) is 0.450. The highest BCUT2D eigenvalue weighted by atomic mass is 32.2. The van der Waals surface area contributed by atoms with Gasteiger partial charge in [0.2, 0.25) is 5.78 Å². The summed E-state index contributed by atoms with van der Waals surface area (Å²) >= 11 is 0. The molecule has 1 aromatic heterocycles. The Balaban J connectivity index is 2.19. The molecule has 0 atom stereocenters. The highest BCUT2D eigenvalue weighted by Crippen LogP contribution is 2.33. The normalized spacial score (nSPS) is 14.9. The second-order valence-electron chi connectivity index (χ2n) is 6.04. The number of ether oxygens (including phenoxy) is 1. The van der Waals surface area contributed by atoms with Crippen molar-refractivity contribution >= 4 is 21.3 Å². The number of hydrogen-bond acceptors (Lipinski definition) is 6. The number of H-pyrrole nitrogens is 1. The lowest BCUT2D eigenvalue weighted by Crippen LogP contribution is -2.24. The van der Waals surface area contributed by atoms with Crippen LogP contribution in [0, 0.1) is 6.92 Å². The monoisotopic (exact) mass is 365 g/mol. The average Bonchev–Trinajstić information content (AvgIpc) is 3.17. The molecule has 1 fully saturated rings. The number of benzene rings is 1. The molecule has 3 rings (SSSR count). The number of rotatable bonds is 4. The molecule has 2 aromatic rings. The first-order chi connectivity index (χ1) is 11.7. The van der Waals surface area contributed by atoms with Gasteiger partial charge in [0.15, 0.2) is 9.84 Å². The second-order valence-corrected chi connectivity index (χ2v) is 8.02. The summed E-state index contributed by atoms with van der Waals surface area (Å²) in [5.41, 5.74) is 0.856. The lowest BCUT2D eigenvalue weighted by Gasteiger charge is -2.23. The van der Waals surface area contributed by atoms with Crippen LogP contribution in [0.15, 0.2) is 28.0 Å². The molecule has 134 valence electrons. The Morgan fingerprint density at radius 2 is 2.00 bits per heavy atom. The molecule has 9 heteroatoms. The Morgan fingerprint density at radius 1 is 1.28 bits per heavy atom. The predicted molar refractivity (Wildman–Crippen MR) is 91.9 cm³/mol. The zero-order chi connectivity index (χ0) is 18.4. The molecule has 1 saturated heterocycles. The number of hydrogen-bond donors (Lipinski definition) is 1. The number of aromatic amines is 1. The van der Waals surface area contributed by atoms with E-state index in [0.717, 1.165) is 6.26 Å². The van der Waals surface area contributed by atoms with Gasteiger partial charge in [0, 0.05) is 31.6 Å². The van der Waals surface area contributed by atoms with Crippen molar-refractivity contribution in [1.82, 2.24) is 9.78 Å². The molecule has 0 saturated carbocycles. The van der Waals surface area contributed by atoms with Crippen molar-refractivity contribution in [1.29, 1.82) is 0 Å². The van der Waals surface area contributed by atoms with Gasteiger partial charge in [-0.1, -0.05) is 0 Å². The van der Waals surface area contributed by atoms with E-state index in [1.165, 1.54) is 30.1 Å². The zero-order valence-corrected chi connectivity index (χ0v) is 15.0. The first-order valence-electron chi connectivity index (χ1n) is 7.67. The van der Waals surface area contributed by atoms with Crippen molar-refractivity contribution in [2.45, 2.75) is 11.8 Å². The molecule has 0 bridgehead atoms. The van der Waals surface area contributed by atoms with Gasteiger partial charge >= 0.3 is 0 Å². The Hall–Kier alpha value is -2.39. The quantitative estimate of drug-likeness (QED) is 0.790. The van der Waals surface area contributed by atoms with Crippen LogP contribution in [0.5, 0.6) is 0 Å². The zero-order valence-electron chi connectivity index (χ0n) is 14.2. The Bertz CT molecular complexity index is 997. The van der Waals surface area contributed by atoms with E-state index in [2.05, 4.69) is 5.10 Å². The van der Waals surface area contributed by atoms with Crippen LogP contribution in [-0.2, 0) is 21.6 Å². The molecular formula is C16H19N3O5S. The number of ketones is 1. The first-order valence-corrected chi connectivity index (χ1v) is 9.56. The summed E-state index contributed by atoms with van der Waals surface area (Å²) in [6.07, 6.45) is 2.48. The van der Waals surface area contributed by atoms with Crippen molar-refractivity contribution < 1.29 is 17.9 Å². The average molecular weight is 365 g/mol. The second kappa shape index (κ2) is 6.16. The molecule has 0 radical (unpaired) electrons. The van der Waals surface area contributed by atoms with Gasteiger partial charge in [0.05, 0.1) is 17.2 Å². The van der Waals surface area contributed by atoms with Gasteiger partial charge in [-0.25, -0.2) is 8.42 Å². The summed E-state index contributed by atoms with van der Waals surface area (Å²) in [6, 6.07) is 2.88. The molecule has 0 spiro atoms. The van der Waals surface area contributed by atoms with Crippen molar-refractivity contribution in [3.8, 4) is 0 Å². The molecule has 0 amide bonds. The number of sulfone groups is 1. The lowest BCUT2D eigenvalue weighted by molar-refractivity contribution is 0.103. The number of anilines is 1. The van der Waals surface area contributed by atoms with Crippen molar-refractivity contribution in [3.63, 3.8) is 0 Å². The summed E-state index contributed by atoms with van der Waals surface area (Å²) < 4.78 is 30.9. The van der Waals surface area contributed by atoms with Crippen LogP contribution in [0.3, 0.4) is 0 Å². The fourth-order valence-corrected chi connectivity index (χ4v) is 3.92. The van der Waals surface area contributed by atoms with Crippen LogP contribution < -0.4 is 10.5 Å². The van der Waals surface area contributed by atoms with Gasteiger partial charge in [0.1, 0.15) is 12.3 Å². The van der Waals surface area contributed by atoms with Crippen LogP contribution in [0.25, 0.3) is 0 Å². The van der Waals surface area contributed by atoms with E-state index in [1.54, 1.807) is 11.8 Å². The van der Waals surface area contributed by atoms with Crippen molar-refractivity contribution in [3.05, 3.63) is 45.4 Å². The highest BCUT2D eigenvalue weighted by Gasteiger charge is 2.27. The SMILES string of the molecule is Cc1c(C(=O)c2c[nH]n(C)c2=O)ccc(S(C)(=O)=O)c1N1CCOC1. The standard InChI is InChI=1S/C16H19N3O5S/c1-10-11(15(20)12-8-17-18(2)16(12)21)4-5-13(25(3,22)23)14(10)19-6-7-24-9-19/h4-5,8,17H,6-7,9H2,1-3H3. The summed E-state index contributed by atoms with van der Waals surface area (Å²) in [4.78, 5) is 26.8. The van der Waals surface area contributed by atoms with E-state index in [1.807, 2.05) is 0 Å². The Morgan fingerprint density at radius 3 is 2.52 bits per heavy atom. The van der Waals surface area contributed by atoms with Gasteiger partial charge < -0.3 is 14.7 Å². The van der Waals surface area contributed by atoms with Crippen LogP contribution in [0.4, 0.5) is 5.69 Å². The van der Waals surface area contributed by atoms with Crippen LogP contribution in [0.2, 0.25) is 0 Å². The lowest BCUT2D eigenvalue weighted by atomic mass is 9.99. The summed E-state index contributed by atoms with van der Waals surface area (Å²) in [5, 5.41) is 2.67. The number of nitrogens with zero attached hydrogens (tertiary/aromatic N) is 2. The number of aryl methyl sites for hydroxylation is 1. The van der Waals surface area contributed by atoms with Crippen molar-refractivity contribution in [2.75, 3.05) is 31.0 Å². The number of carbonyl (C=O) groups excluding carboxylic acids is 1. The fraction of sp³-hybridized carbons (Fsp3) is 0.375. The fourth-order valence-electron chi connectivity index (χ4n) is 2.97. The smallest absolute Gasteiger partial charge is 0.277 e. The van der Waals surface area contributed by atoms with E-state index in [-0.39, 0.29) is 17.2 Å². The van der Waals surface area contributed by atoms with E-state index < -0.39 is 21.2 Å². The minimum atomic E-state index is -3.49. The maximum atomic E-state index is 12.8. The molecule has 0 aliphatic carbocycles. The summed E-state index contributed by atoms with van der Waals surface area (Å²) in [6.45, 7) is 2.96. The molecule has 1 aliphatic heterocycles. The van der Waals surface area contributed by atoms with Crippen LogP contribution in [-0.4, -0.2) is 50.1 Å². The highest BCUT2D eigenvalue weighted by molar-refractivity contribution is 7.90. The van der Waals surface area contributed by atoms with Crippen LogP contribution in [0.1, 0.15) is 21.5 Å². The summed E-state index contributed by atoms with van der Waals surface area (Å²) in [5.74, 6) is -0.444. The van der Waals surface area contributed by atoms with E-state index >= 15 is 0 Å². The third-order valence-corrected chi connectivity index (χ3v) is 5.42. The molecule has 1 N–H and O–H groups in total. The molecule has 2 heterocycles. The topological polar surface area (TPSA) is 101 Å². The molecule has 1 aromatic carbocycles. The van der Waals surface area contributed by atoms with Gasteiger partial charge in [-0.05, 0) is 24.6 Å². The Labute approximate surface area is 144 Å². The van der Waals surface area contributed by atoms with E-state index in [9.17, 15) is 18.0 Å². The van der Waals surface area contributed by atoms with Crippen molar-refractivity contribution in [2.24, 2.45) is 7.05 Å². The molecular weight excluding hydrogens is 346 g/mol. The largest absolute Gasteiger partial charge is 0.359 e. The maximum Gasteiger partial charge on any atom is 0.277 e. The maximum absolute atomic E-state index is 12.8. The van der Waals surface area contributed by atoms with Gasteiger partial charge in [-0.3, -0.25) is 14.3 Å². The number of carbonyl (C=O) groups is 1. The number of nitrogens with one attached hydrogen (secondary N) is 1. The first kappa shape index (κ1) is 17.4. The summed E-state index contributed by atoms with van der Waals surface area (Å²) in [7, 11) is -1.97. The molecule has 8 nitrogen and oxygen atoms in total. The van der Waals surface area contributed by atoms with E-state index in [0.29, 0.717) is 30.0 Å². The third kappa shape index (κ3) is 3.00. The van der Waals surface area contributed by atoms with Crippen LogP contribution >= 0.6 is 0 Å². The minimum Gasteiger partial charge on any atom is -0.359 e. The Kier molecular flexibility index (Phi) is 4.29. The van der Waals surface area contributed by atoms with E-state index in [4.69, 9.17) is 4.74 Å². The minimum absolute atomic E-state index is 0.0151. The molecule has 1 aliphatic rings. The molecule has 0 unspecified atom stereocenters. The van der Waals surface area contributed by atoms with Gasteiger partial charge in [-0.2, -0.15) is 0 Å².